The Labute approximate surface area is 121 Å². The number of Topliss-reactive ketones (excluding diaryl/α,β-unsaturated/α-hetero) is 1. The van der Waals surface area contributed by atoms with Crippen molar-refractivity contribution < 1.29 is 24.2 Å². The smallest absolute Gasteiger partial charge is 0.306 e. The number of aromatic nitrogens is 1. The molecule has 6 heteroatoms. The van der Waals surface area contributed by atoms with Gasteiger partial charge in [-0.3, -0.25) is 9.59 Å². The van der Waals surface area contributed by atoms with Crippen LogP contribution in [0, 0.1) is 5.92 Å². The highest BCUT2D eigenvalue weighted by molar-refractivity contribution is 6.01. The van der Waals surface area contributed by atoms with E-state index in [-0.39, 0.29) is 12.2 Å². The van der Waals surface area contributed by atoms with Crippen LogP contribution in [0.25, 0.3) is 10.9 Å². The van der Waals surface area contributed by atoms with E-state index in [2.05, 4.69) is 4.98 Å². The number of ketones is 1. The first kappa shape index (κ1) is 14.9. The number of hydrogen-bond acceptors (Lipinski definition) is 4. The van der Waals surface area contributed by atoms with Gasteiger partial charge in [-0.1, -0.05) is 6.92 Å². The van der Waals surface area contributed by atoms with E-state index in [9.17, 15) is 9.59 Å². The highest BCUT2D eigenvalue weighted by Crippen LogP contribution is 2.32. The number of fused-ring (bicyclic) bond motifs is 1. The molecule has 1 aromatic carbocycles. The van der Waals surface area contributed by atoms with Gasteiger partial charge in [-0.2, -0.15) is 0 Å². The minimum Gasteiger partial charge on any atom is -0.493 e. The number of ether oxygens (including phenoxy) is 2. The zero-order chi connectivity index (χ0) is 15.6. The molecule has 1 aromatic heterocycles. The van der Waals surface area contributed by atoms with Gasteiger partial charge in [0.05, 0.1) is 25.8 Å². The van der Waals surface area contributed by atoms with Crippen LogP contribution < -0.4 is 9.47 Å². The average molecular weight is 291 g/mol. The molecule has 0 saturated heterocycles. The number of H-pyrrole nitrogens is 1. The zero-order valence-electron chi connectivity index (χ0n) is 12.1. The Morgan fingerprint density at radius 3 is 2.38 bits per heavy atom. The molecule has 2 rings (SSSR count). The van der Waals surface area contributed by atoms with Crippen molar-refractivity contribution in [2.75, 3.05) is 14.2 Å². The van der Waals surface area contributed by atoms with Crippen LogP contribution in [0.4, 0.5) is 0 Å². The summed E-state index contributed by atoms with van der Waals surface area (Å²) in [4.78, 5) is 25.9. The molecule has 0 bridgehead atoms. The van der Waals surface area contributed by atoms with Gasteiger partial charge in [0.2, 0.25) is 0 Å². The van der Waals surface area contributed by atoms with Crippen molar-refractivity contribution >= 4 is 22.7 Å². The molecule has 0 radical (unpaired) electrons. The summed E-state index contributed by atoms with van der Waals surface area (Å²) >= 11 is 0. The van der Waals surface area contributed by atoms with Crippen molar-refractivity contribution in [1.29, 1.82) is 0 Å². The fourth-order valence-electron chi connectivity index (χ4n) is 2.08. The average Bonchev–Trinajstić information content (AvgIpc) is 2.88. The van der Waals surface area contributed by atoms with Crippen LogP contribution in [-0.4, -0.2) is 36.1 Å². The third kappa shape index (κ3) is 2.99. The molecule has 1 unspecified atom stereocenters. The monoisotopic (exact) mass is 291 g/mol. The predicted molar refractivity (Wildman–Crippen MR) is 77.2 cm³/mol. The molecule has 112 valence electrons. The molecule has 0 aliphatic carbocycles. The van der Waals surface area contributed by atoms with Crippen LogP contribution in [0.2, 0.25) is 0 Å². The van der Waals surface area contributed by atoms with Crippen LogP contribution in [0.3, 0.4) is 0 Å². The van der Waals surface area contributed by atoms with Crippen LogP contribution in [0.1, 0.15) is 23.8 Å². The molecule has 1 heterocycles. The van der Waals surface area contributed by atoms with E-state index in [0.29, 0.717) is 17.2 Å². The Balaban J connectivity index is 2.34. The maximum absolute atomic E-state index is 12.1. The fraction of sp³-hybridized carbons (Fsp3) is 0.333. The molecule has 21 heavy (non-hydrogen) atoms. The first-order valence-corrected chi connectivity index (χ1v) is 6.47. The largest absolute Gasteiger partial charge is 0.493 e. The number of carbonyl (C=O) groups excluding carboxylic acids is 1. The molecule has 6 nitrogen and oxygen atoms in total. The number of hydrogen-bond donors (Lipinski definition) is 2. The van der Waals surface area contributed by atoms with E-state index in [1.807, 2.05) is 0 Å². The first-order chi connectivity index (χ1) is 9.96. The number of carbonyl (C=O) groups is 2. The number of methoxy groups -OCH3 is 2. The van der Waals surface area contributed by atoms with E-state index in [4.69, 9.17) is 14.6 Å². The van der Waals surface area contributed by atoms with E-state index in [0.717, 1.165) is 10.9 Å². The maximum Gasteiger partial charge on any atom is 0.306 e. The highest BCUT2D eigenvalue weighted by Gasteiger charge is 2.19. The SMILES string of the molecule is COc1cc2cc(C(=O)CC(C)C(=O)O)[nH]c2cc1OC. The normalized spacial score (nSPS) is 12.1. The van der Waals surface area contributed by atoms with Crippen LogP contribution in [-0.2, 0) is 4.79 Å². The number of carboxylic acids is 1. The van der Waals surface area contributed by atoms with Crippen LogP contribution >= 0.6 is 0 Å². The van der Waals surface area contributed by atoms with Gasteiger partial charge in [-0.05, 0) is 12.1 Å². The van der Waals surface area contributed by atoms with Gasteiger partial charge in [0.25, 0.3) is 0 Å². The lowest BCUT2D eigenvalue weighted by Gasteiger charge is -2.06. The summed E-state index contributed by atoms with van der Waals surface area (Å²) in [5.41, 5.74) is 1.12. The Bertz CT molecular complexity index is 648. The number of nitrogens with one attached hydrogen (secondary N) is 1. The second kappa shape index (κ2) is 5.87. The summed E-state index contributed by atoms with van der Waals surface area (Å²) in [6.07, 6.45) is -0.0452. The lowest BCUT2D eigenvalue weighted by Crippen LogP contribution is -2.14. The lowest BCUT2D eigenvalue weighted by molar-refractivity contribution is -0.141. The minimum atomic E-state index is -0.984. The first-order valence-electron chi connectivity index (χ1n) is 6.47. The standard InChI is InChI=1S/C15H17NO5/c1-8(15(18)19)4-12(17)11-5-9-6-13(20-2)14(21-3)7-10(9)16-11/h5-8,16H,4H2,1-3H3,(H,18,19). The maximum atomic E-state index is 12.1. The molecule has 2 N–H and O–H groups in total. The topological polar surface area (TPSA) is 88.6 Å². The van der Waals surface area contributed by atoms with E-state index < -0.39 is 11.9 Å². The Morgan fingerprint density at radius 1 is 1.19 bits per heavy atom. The minimum absolute atomic E-state index is 0.0452. The van der Waals surface area contributed by atoms with E-state index >= 15 is 0 Å². The molecule has 0 aliphatic heterocycles. The van der Waals surface area contributed by atoms with Gasteiger partial charge in [-0.15, -0.1) is 0 Å². The highest BCUT2D eigenvalue weighted by atomic mass is 16.5. The second-order valence-electron chi connectivity index (χ2n) is 4.84. The second-order valence-corrected chi connectivity index (χ2v) is 4.84. The zero-order valence-corrected chi connectivity index (χ0v) is 12.1. The van der Waals surface area contributed by atoms with Crippen molar-refractivity contribution in [2.45, 2.75) is 13.3 Å². The third-order valence-electron chi connectivity index (χ3n) is 3.34. The molecule has 0 amide bonds. The van der Waals surface area contributed by atoms with Crippen molar-refractivity contribution in [2.24, 2.45) is 5.92 Å². The fourth-order valence-corrected chi connectivity index (χ4v) is 2.08. The molecule has 0 spiro atoms. The van der Waals surface area contributed by atoms with Gasteiger partial charge in [0.1, 0.15) is 0 Å². The summed E-state index contributed by atoms with van der Waals surface area (Å²) in [7, 11) is 3.07. The van der Waals surface area contributed by atoms with E-state index in [1.54, 1.807) is 18.2 Å². The number of benzene rings is 1. The predicted octanol–water partition coefficient (Wildman–Crippen LogP) is 2.48. The summed E-state index contributed by atoms with van der Waals surface area (Å²) in [6, 6.07) is 5.20. The van der Waals surface area contributed by atoms with Crippen molar-refractivity contribution in [3.63, 3.8) is 0 Å². The van der Waals surface area contributed by atoms with Crippen LogP contribution in [0.5, 0.6) is 11.5 Å². The van der Waals surface area contributed by atoms with Crippen molar-refractivity contribution in [3.8, 4) is 11.5 Å². The number of rotatable bonds is 6. The summed E-state index contributed by atoms with van der Waals surface area (Å²) in [6.45, 7) is 1.51. The molecule has 0 saturated carbocycles. The molecule has 2 aromatic rings. The summed E-state index contributed by atoms with van der Waals surface area (Å²) in [5, 5.41) is 9.66. The summed E-state index contributed by atoms with van der Waals surface area (Å²) in [5.74, 6) is -0.804. The van der Waals surface area contributed by atoms with Gasteiger partial charge >= 0.3 is 5.97 Å². The third-order valence-corrected chi connectivity index (χ3v) is 3.34. The van der Waals surface area contributed by atoms with Gasteiger partial charge < -0.3 is 19.6 Å². The van der Waals surface area contributed by atoms with Crippen molar-refractivity contribution in [1.82, 2.24) is 4.98 Å². The van der Waals surface area contributed by atoms with Gasteiger partial charge in [-0.25, -0.2) is 0 Å². The quantitative estimate of drug-likeness (QED) is 0.798. The number of aliphatic carboxylic acids is 1. The van der Waals surface area contributed by atoms with E-state index in [1.165, 1.54) is 21.1 Å². The Morgan fingerprint density at radius 2 is 1.81 bits per heavy atom. The molecule has 0 fully saturated rings. The molecular weight excluding hydrogens is 274 g/mol. The molecular formula is C15H17NO5. The van der Waals surface area contributed by atoms with Crippen LogP contribution in [0.15, 0.2) is 18.2 Å². The van der Waals surface area contributed by atoms with Gasteiger partial charge in [0, 0.05) is 23.4 Å². The van der Waals surface area contributed by atoms with Gasteiger partial charge in [0.15, 0.2) is 17.3 Å². The molecule has 0 aliphatic rings. The Kier molecular flexibility index (Phi) is 4.16. The molecule has 1 atom stereocenters. The Hall–Kier alpha value is -2.50. The van der Waals surface area contributed by atoms with Crippen molar-refractivity contribution in [3.05, 3.63) is 23.9 Å². The lowest BCUT2D eigenvalue weighted by atomic mass is 10.0. The summed E-state index contributed by atoms with van der Waals surface area (Å²) < 4.78 is 10.4. The number of aromatic amines is 1. The number of carboxylic acid groups (broad SMARTS) is 1.